The first kappa shape index (κ1) is 14.0. The van der Waals surface area contributed by atoms with Crippen LogP contribution in [0, 0.1) is 5.82 Å². The summed E-state index contributed by atoms with van der Waals surface area (Å²) in [6, 6.07) is 5.12. The average Bonchev–Trinajstić information content (AvgIpc) is 2.92. The van der Waals surface area contributed by atoms with Gasteiger partial charge in [0.25, 0.3) is 0 Å². The van der Waals surface area contributed by atoms with Crippen LogP contribution in [0.25, 0.3) is 11.4 Å². The molecule has 1 aromatic heterocycles. The lowest BCUT2D eigenvalue weighted by Gasteiger charge is -2.24. The summed E-state index contributed by atoms with van der Waals surface area (Å²) < 4.78 is 20.9. The predicted octanol–water partition coefficient (Wildman–Crippen LogP) is 2.54. The number of hydrogen-bond donors (Lipinski definition) is 1. The van der Waals surface area contributed by atoms with E-state index in [1.54, 1.807) is 6.07 Å². The normalized spacial score (nSPS) is 17.6. The molecule has 0 aliphatic carbocycles. The summed E-state index contributed by atoms with van der Waals surface area (Å²) >= 11 is 0. The number of rotatable bonds is 4. The van der Waals surface area contributed by atoms with Crippen molar-refractivity contribution in [3.8, 4) is 17.1 Å². The van der Waals surface area contributed by atoms with Crippen molar-refractivity contribution in [2.75, 3.05) is 13.7 Å². The molecule has 21 heavy (non-hydrogen) atoms. The lowest BCUT2D eigenvalue weighted by Crippen LogP contribution is -2.33. The molecule has 1 aliphatic heterocycles. The fourth-order valence-corrected chi connectivity index (χ4v) is 2.77. The number of nitrogens with zero attached hydrogens (tertiary/aromatic N) is 3. The molecular weight excluding hydrogens is 271 g/mol. The van der Waals surface area contributed by atoms with Crippen molar-refractivity contribution in [3.05, 3.63) is 29.8 Å². The summed E-state index contributed by atoms with van der Waals surface area (Å²) in [7, 11) is 1.46. The number of hydrogen-bond acceptors (Lipinski definition) is 4. The van der Waals surface area contributed by atoms with Gasteiger partial charge in [0.2, 0.25) is 0 Å². The van der Waals surface area contributed by atoms with E-state index >= 15 is 0 Å². The van der Waals surface area contributed by atoms with Crippen LogP contribution in [0.1, 0.15) is 31.6 Å². The maximum absolute atomic E-state index is 13.9. The van der Waals surface area contributed by atoms with Crippen LogP contribution < -0.4 is 10.1 Å². The molecule has 2 heterocycles. The predicted molar refractivity (Wildman–Crippen MR) is 77.6 cm³/mol. The smallest absolute Gasteiger partial charge is 0.165 e. The third kappa shape index (κ3) is 2.51. The molecule has 0 saturated heterocycles. The Kier molecular flexibility index (Phi) is 3.88. The quantitative estimate of drug-likeness (QED) is 0.940. The first-order valence-electron chi connectivity index (χ1n) is 7.25. The van der Waals surface area contributed by atoms with Crippen molar-refractivity contribution >= 4 is 0 Å². The van der Waals surface area contributed by atoms with Gasteiger partial charge in [0.05, 0.1) is 13.2 Å². The molecule has 0 amide bonds. The van der Waals surface area contributed by atoms with Crippen LogP contribution in [0.15, 0.2) is 18.2 Å². The van der Waals surface area contributed by atoms with E-state index in [-0.39, 0.29) is 17.6 Å². The highest BCUT2D eigenvalue weighted by Gasteiger charge is 2.24. The fraction of sp³-hybridized carbons (Fsp3) is 0.467. The average molecular weight is 290 g/mol. The number of nitrogens with one attached hydrogen (secondary N) is 1. The van der Waals surface area contributed by atoms with Gasteiger partial charge >= 0.3 is 0 Å². The Morgan fingerprint density at radius 3 is 3.00 bits per heavy atom. The molecule has 2 aromatic rings. The summed E-state index contributed by atoms with van der Waals surface area (Å²) in [4.78, 5) is 0. The lowest BCUT2D eigenvalue weighted by molar-refractivity contribution is 0.386. The summed E-state index contributed by atoms with van der Waals surface area (Å²) in [5, 5.41) is 12.0. The molecule has 6 heteroatoms. The maximum Gasteiger partial charge on any atom is 0.165 e. The number of ether oxygens (including phenoxy) is 1. The molecule has 1 N–H and O–H groups in total. The summed E-state index contributed by atoms with van der Waals surface area (Å²) in [6.07, 6.45) is 2.10. The van der Waals surface area contributed by atoms with Crippen LogP contribution in [-0.2, 0) is 6.54 Å². The van der Waals surface area contributed by atoms with Crippen molar-refractivity contribution in [2.24, 2.45) is 0 Å². The molecule has 0 radical (unpaired) electrons. The first-order chi connectivity index (χ1) is 10.2. The van der Waals surface area contributed by atoms with E-state index in [1.807, 2.05) is 6.07 Å². The van der Waals surface area contributed by atoms with Crippen LogP contribution in [0.2, 0.25) is 0 Å². The zero-order valence-electron chi connectivity index (χ0n) is 12.3. The van der Waals surface area contributed by atoms with Gasteiger partial charge in [0.1, 0.15) is 0 Å². The van der Waals surface area contributed by atoms with Gasteiger partial charge in [0.15, 0.2) is 23.2 Å². The van der Waals surface area contributed by atoms with Gasteiger partial charge in [-0.15, -0.1) is 10.2 Å². The molecule has 1 atom stereocenters. The Morgan fingerprint density at radius 2 is 2.29 bits per heavy atom. The van der Waals surface area contributed by atoms with Gasteiger partial charge in [-0.05, 0) is 24.6 Å². The number of fused-ring (bicyclic) bond motifs is 1. The maximum atomic E-state index is 13.9. The highest BCUT2D eigenvalue weighted by molar-refractivity contribution is 5.57. The van der Waals surface area contributed by atoms with Crippen molar-refractivity contribution in [2.45, 2.75) is 32.4 Å². The minimum Gasteiger partial charge on any atom is -0.494 e. The SMILES string of the molecule is CCCC1NCCn2c(-c3ccc(OC)c(F)c3)nnc21. The van der Waals surface area contributed by atoms with E-state index in [1.165, 1.54) is 13.2 Å². The highest BCUT2D eigenvalue weighted by atomic mass is 19.1. The minimum absolute atomic E-state index is 0.230. The Bertz CT molecular complexity index is 641. The number of halogens is 1. The molecule has 5 nitrogen and oxygen atoms in total. The van der Waals surface area contributed by atoms with Gasteiger partial charge in [-0.3, -0.25) is 0 Å². The van der Waals surface area contributed by atoms with Crippen molar-refractivity contribution in [3.63, 3.8) is 0 Å². The molecule has 1 unspecified atom stereocenters. The van der Waals surface area contributed by atoms with Crippen LogP contribution in [-0.4, -0.2) is 28.4 Å². The molecule has 3 rings (SSSR count). The first-order valence-corrected chi connectivity index (χ1v) is 7.25. The second kappa shape index (κ2) is 5.81. The zero-order valence-corrected chi connectivity index (χ0v) is 12.3. The molecule has 1 aromatic carbocycles. The Morgan fingerprint density at radius 1 is 1.43 bits per heavy atom. The van der Waals surface area contributed by atoms with Gasteiger partial charge in [0, 0.05) is 18.7 Å². The molecule has 0 spiro atoms. The Labute approximate surface area is 123 Å². The minimum atomic E-state index is -0.383. The van der Waals surface area contributed by atoms with Crippen molar-refractivity contribution in [1.29, 1.82) is 0 Å². The largest absolute Gasteiger partial charge is 0.494 e. The van der Waals surface area contributed by atoms with E-state index in [2.05, 4.69) is 27.0 Å². The van der Waals surface area contributed by atoms with Crippen LogP contribution in [0.3, 0.4) is 0 Å². The van der Waals surface area contributed by atoms with Gasteiger partial charge in [-0.25, -0.2) is 4.39 Å². The van der Waals surface area contributed by atoms with E-state index in [0.717, 1.165) is 37.3 Å². The molecule has 112 valence electrons. The fourth-order valence-electron chi connectivity index (χ4n) is 2.77. The highest BCUT2D eigenvalue weighted by Crippen LogP contribution is 2.28. The van der Waals surface area contributed by atoms with Crippen LogP contribution in [0.5, 0.6) is 5.75 Å². The molecular formula is C15H19FN4O. The summed E-state index contributed by atoms with van der Waals surface area (Å²) in [5.41, 5.74) is 0.726. The lowest BCUT2D eigenvalue weighted by atomic mass is 10.1. The van der Waals surface area contributed by atoms with Crippen molar-refractivity contribution in [1.82, 2.24) is 20.1 Å². The standard InChI is InChI=1S/C15H19FN4O/c1-3-4-12-15-19-18-14(20(15)8-7-17-12)10-5-6-13(21-2)11(16)9-10/h5-6,9,12,17H,3-4,7-8H2,1-2H3. The summed E-state index contributed by atoms with van der Waals surface area (Å²) in [5.74, 6) is 1.51. The third-order valence-corrected chi connectivity index (χ3v) is 3.80. The molecule has 0 bridgehead atoms. The van der Waals surface area contributed by atoms with Gasteiger partial charge < -0.3 is 14.6 Å². The van der Waals surface area contributed by atoms with E-state index in [4.69, 9.17) is 4.74 Å². The monoisotopic (exact) mass is 290 g/mol. The van der Waals surface area contributed by atoms with E-state index in [0.29, 0.717) is 5.82 Å². The van der Waals surface area contributed by atoms with E-state index < -0.39 is 0 Å². The Balaban J connectivity index is 1.99. The summed E-state index contributed by atoms with van der Waals surface area (Å²) in [6.45, 7) is 3.82. The molecule has 0 fully saturated rings. The van der Waals surface area contributed by atoms with Gasteiger partial charge in [-0.1, -0.05) is 13.3 Å². The second-order valence-corrected chi connectivity index (χ2v) is 5.18. The zero-order chi connectivity index (χ0) is 14.8. The third-order valence-electron chi connectivity index (χ3n) is 3.80. The topological polar surface area (TPSA) is 52.0 Å². The molecule has 1 aliphatic rings. The van der Waals surface area contributed by atoms with Gasteiger partial charge in [-0.2, -0.15) is 0 Å². The van der Waals surface area contributed by atoms with E-state index in [9.17, 15) is 4.39 Å². The van der Waals surface area contributed by atoms with Crippen LogP contribution in [0.4, 0.5) is 4.39 Å². The number of aromatic nitrogens is 3. The molecule has 0 saturated carbocycles. The van der Waals surface area contributed by atoms with Crippen LogP contribution >= 0.6 is 0 Å². The second-order valence-electron chi connectivity index (χ2n) is 5.18. The Hall–Kier alpha value is -1.95. The number of methoxy groups -OCH3 is 1. The number of benzene rings is 1. The van der Waals surface area contributed by atoms with Crippen molar-refractivity contribution < 1.29 is 9.13 Å².